The molecule has 9 heteroatoms. The van der Waals surface area contributed by atoms with Gasteiger partial charge in [0.2, 0.25) is 11.8 Å². The van der Waals surface area contributed by atoms with E-state index in [1.54, 1.807) is 41.2 Å². The Hall–Kier alpha value is -3.88. The molecule has 146 valence electrons. The maximum atomic E-state index is 12.6. The van der Waals surface area contributed by atoms with Gasteiger partial charge in [0.05, 0.1) is 12.7 Å². The van der Waals surface area contributed by atoms with Gasteiger partial charge in [-0.3, -0.25) is 9.48 Å². The second-order valence-corrected chi connectivity index (χ2v) is 6.31. The monoisotopic (exact) mass is 395 g/mol. The Labute approximate surface area is 163 Å². The number of amides is 1. The average molecular weight is 395 g/mol. The van der Waals surface area contributed by atoms with Gasteiger partial charge in [-0.25, -0.2) is 0 Å². The van der Waals surface area contributed by atoms with Gasteiger partial charge in [-0.1, -0.05) is 24.3 Å². The number of hydrogen-bond acceptors (Lipinski definition) is 5. The standard InChI is InChI=1S/C20H15F2N5O2/c21-17(22)20-26-25-19(29-20)13-6-4-12(5-7-13)10-27-11-16(9-24-27)14-2-1-3-15(8-14)18(23)28/h1-9,11,17H,10H2,(H2,23,28). The molecule has 0 saturated heterocycles. The number of aromatic nitrogens is 4. The van der Waals surface area contributed by atoms with Gasteiger partial charge in [0.25, 0.3) is 5.89 Å². The predicted molar refractivity (Wildman–Crippen MR) is 100.0 cm³/mol. The van der Waals surface area contributed by atoms with E-state index in [4.69, 9.17) is 10.2 Å². The van der Waals surface area contributed by atoms with Crippen molar-refractivity contribution in [3.05, 3.63) is 77.9 Å². The van der Waals surface area contributed by atoms with E-state index in [0.717, 1.165) is 16.7 Å². The summed E-state index contributed by atoms with van der Waals surface area (Å²) in [5.41, 5.74) is 8.96. The molecule has 0 aliphatic rings. The van der Waals surface area contributed by atoms with Crippen LogP contribution in [0, 0.1) is 0 Å². The lowest BCUT2D eigenvalue weighted by molar-refractivity contribution is 0.1000. The van der Waals surface area contributed by atoms with E-state index in [1.807, 2.05) is 24.4 Å². The molecule has 0 fully saturated rings. The highest BCUT2D eigenvalue weighted by Crippen LogP contribution is 2.24. The lowest BCUT2D eigenvalue weighted by atomic mass is 10.1. The molecule has 2 aromatic carbocycles. The Kier molecular flexibility index (Phi) is 4.86. The summed E-state index contributed by atoms with van der Waals surface area (Å²) in [6.45, 7) is 0.502. The molecule has 29 heavy (non-hydrogen) atoms. The van der Waals surface area contributed by atoms with Gasteiger partial charge in [-0.15, -0.1) is 10.2 Å². The van der Waals surface area contributed by atoms with Crippen LogP contribution in [0.4, 0.5) is 8.78 Å². The Morgan fingerprint density at radius 1 is 1.07 bits per heavy atom. The number of halogens is 2. The molecule has 1 amide bonds. The molecule has 0 aliphatic carbocycles. The van der Waals surface area contributed by atoms with Crippen LogP contribution >= 0.6 is 0 Å². The number of nitrogens with two attached hydrogens (primary N) is 1. The zero-order chi connectivity index (χ0) is 20.4. The van der Waals surface area contributed by atoms with Crippen LogP contribution in [0.15, 0.2) is 65.3 Å². The summed E-state index contributed by atoms with van der Waals surface area (Å²) in [6.07, 6.45) is 0.771. The van der Waals surface area contributed by atoms with Crippen molar-refractivity contribution in [2.75, 3.05) is 0 Å². The lowest BCUT2D eigenvalue weighted by Crippen LogP contribution is -2.10. The molecule has 2 aromatic heterocycles. The third-order valence-corrected chi connectivity index (χ3v) is 4.29. The molecule has 4 rings (SSSR count). The highest BCUT2D eigenvalue weighted by Gasteiger charge is 2.16. The van der Waals surface area contributed by atoms with Gasteiger partial charge in [0.15, 0.2) is 0 Å². The Morgan fingerprint density at radius 2 is 1.86 bits per heavy atom. The van der Waals surface area contributed by atoms with E-state index >= 15 is 0 Å². The molecule has 2 N–H and O–H groups in total. The quantitative estimate of drug-likeness (QED) is 0.537. The van der Waals surface area contributed by atoms with Crippen LogP contribution < -0.4 is 5.73 Å². The van der Waals surface area contributed by atoms with Crippen LogP contribution in [0.25, 0.3) is 22.6 Å². The molecular formula is C20H15F2N5O2. The summed E-state index contributed by atoms with van der Waals surface area (Å²) in [4.78, 5) is 11.3. The maximum absolute atomic E-state index is 12.6. The van der Waals surface area contributed by atoms with Crippen LogP contribution in [0.5, 0.6) is 0 Å². The number of hydrogen-bond donors (Lipinski definition) is 1. The summed E-state index contributed by atoms with van der Waals surface area (Å²) in [7, 11) is 0. The molecule has 0 radical (unpaired) electrons. The summed E-state index contributed by atoms with van der Waals surface area (Å²) in [5, 5.41) is 11.3. The number of carbonyl (C=O) groups excluding carboxylic acids is 1. The van der Waals surface area contributed by atoms with E-state index in [2.05, 4.69) is 15.3 Å². The van der Waals surface area contributed by atoms with E-state index in [1.165, 1.54) is 0 Å². The number of benzene rings is 2. The number of alkyl halides is 2. The highest BCUT2D eigenvalue weighted by atomic mass is 19.3. The fraction of sp³-hybridized carbons (Fsp3) is 0.100. The fourth-order valence-corrected chi connectivity index (χ4v) is 2.83. The van der Waals surface area contributed by atoms with Crippen LogP contribution in [0.1, 0.15) is 28.2 Å². The minimum Gasteiger partial charge on any atom is -0.415 e. The van der Waals surface area contributed by atoms with Gasteiger partial charge in [0, 0.05) is 22.9 Å². The van der Waals surface area contributed by atoms with Gasteiger partial charge < -0.3 is 10.2 Å². The summed E-state index contributed by atoms with van der Waals surface area (Å²) >= 11 is 0. The van der Waals surface area contributed by atoms with Crippen molar-refractivity contribution in [2.45, 2.75) is 13.0 Å². The first-order chi connectivity index (χ1) is 14.0. The van der Waals surface area contributed by atoms with Crippen molar-refractivity contribution >= 4 is 5.91 Å². The first-order valence-electron chi connectivity index (χ1n) is 8.63. The normalized spacial score (nSPS) is 11.1. The first-order valence-corrected chi connectivity index (χ1v) is 8.63. The summed E-state index contributed by atoms with van der Waals surface area (Å²) < 4.78 is 31.8. The Balaban J connectivity index is 1.49. The number of primary amides is 1. The van der Waals surface area contributed by atoms with Gasteiger partial charge in [-0.05, 0) is 35.4 Å². The molecule has 7 nitrogen and oxygen atoms in total. The molecular weight excluding hydrogens is 380 g/mol. The van der Waals surface area contributed by atoms with E-state index in [0.29, 0.717) is 17.7 Å². The molecule has 2 heterocycles. The van der Waals surface area contributed by atoms with Crippen molar-refractivity contribution in [3.8, 4) is 22.6 Å². The third-order valence-electron chi connectivity index (χ3n) is 4.29. The maximum Gasteiger partial charge on any atom is 0.314 e. The summed E-state index contributed by atoms with van der Waals surface area (Å²) in [5.74, 6) is -1.14. The third kappa shape index (κ3) is 4.03. The SMILES string of the molecule is NC(=O)c1cccc(-c2cnn(Cc3ccc(-c4nnc(C(F)F)o4)cc3)c2)c1. The minimum absolute atomic E-state index is 0.0440. The highest BCUT2D eigenvalue weighted by molar-refractivity contribution is 5.94. The zero-order valence-electron chi connectivity index (χ0n) is 15.0. The molecule has 0 aliphatic heterocycles. The van der Waals surface area contributed by atoms with Crippen molar-refractivity contribution in [1.29, 1.82) is 0 Å². The average Bonchev–Trinajstić information content (AvgIpc) is 3.39. The van der Waals surface area contributed by atoms with Gasteiger partial charge >= 0.3 is 6.43 Å². The second kappa shape index (κ2) is 7.63. The van der Waals surface area contributed by atoms with Crippen LogP contribution in [0.2, 0.25) is 0 Å². The van der Waals surface area contributed by atoms with Crippen molar-refractivity contribution in [3.63, 3.8) is 0 Å². The predicted octanol–water partition coefficient (Wildman–Crippen LogP) is 3.68. The molecule has 4 aromatic rings. The fourth-order valence-electron chi connectivity index (χ4n) is 2.83. The largest absolute Gasteiger partial charge is 0.415 e. The van der Waals surface area contributed by atoms with Crippen LogP contribution in [-0.2, 0) is 6.54 Å². The molecule has 0 bridgehead atoms. The van der Waals surface area contributed by atoms with Crippen LogP contribution in [0.3, 0.4) is 0 Å². The van der Waals surface area contributed by atoms with Crippen LogP contribution in [-0.4, -0.2) is 25.9 Å². The van der Waals surface area contributed by atoms with Gasteiger partial charge in [-0.2, -0.15) is 13.9 Å². The van der Waals surface area contributed by atoms with Crippen molar-refractivity contribution in [1.82, 2.24) is 20.0 Å². The summed E-state index contributed by atoms with van der Waals surface area (Å²) in [6, 6.07) is 14.1. The lowest BCUT2D eigenvalue weighted by Gasteiger charge is -2.03. The minimum atomic E-state index is -2.80. The van der Waals surface area contributed by atoms with E-state index < -0.39 is 18.2 Å². The molecule has 0 spiro atoms. The molecule has 0 atom stereocenters. The topological polar surface area (TPSA) is 99.8 Å². The van der Waals surface area contributed by atoms with Crippen molar-refractivity contribution < 1.29 is 18.0 Å². The number of carbonyl (C=O) groups is 1. The molecule has 0 unspecified atom stereocenters. The van der Waals surface area contributed by atoms with Gasteiger partial charge in [0.1, 0.15) is 0 Å². The first kappa shape index (κ1) is 18.5. The second-order valence-electron chi connectivity index (χ2n) is 6.31. The zero-order valence-corrected chi connectivity index (χ0v) is 15.0. The number of rotatable bonds is 6. The number of nitrogens with zero attached hydrogens (tertiary/aromatic N) is 4. The smallest absolute Gasteiger partial charge is 0.314 e. The van der Waals surface area contributed by atoms with E-state index in [-0.39, 0.29) is 5.89 Å². The Morgan fingerprint density at radius 3 is 2.55 bits per heavy atom. The van der Waals surface area contributed by atoms with Crippen molar-refractivity contribution in [2.24, 2.45) is 5.73 Å². The van der Waals surface area contributed by atoms with E-state index in [9.17, 15) is 13.6 Å². The molecule has 0 saturated carbocycles. The Bertz CT molecular complexity index is 1150.